The molecule has 0 saturated carbocycles. The molecule has 0 radical (unpaired) electrons. The van der Waals surface area contributed by atoms with Crippen LogP contribution in [0.1, 0.15) is 13.8 Å². The summed E-state index contributed by atoms with van der Waals surface area (Å²) in [5.41, 5.74) is 6.66. The van der Waals surface area contributed by atoms with Crippen LogP contribution in [0.25, 0.3) is 11.0 Å². The van der Waals surface area contributed by atoms with Crippen LogP contribution in [0.5, 0.6) is 0 Å². The molecule has 0 amide bonds. The lowest BCUT2D eigenvalue weighted by Gasteiger charge is -2.24. The first-order valence-electron chi connectivity index (χ1n) is 5.06. The van der Waals surface area contributed by atoms with Gasteiger partial charge >= 0.3 is 5.69 Å². The fraction of sp³-hybridized carbons (Fsp3) is 0.364. The highest BCUT2D eigenvalue weighted by Gasteiger charge is 2.23. The number of aromatic amines is 1. The van der Waals surface area contributed by atoms with Crippen LogP contribution in [0.15, 0.2) is 23.0 Å². The van der Waals surface area contributed by atoms with E-state index >= 15 is 0 Å². The van der Waals surface area contributed by atoms with Crippen molar-refractivity contribution in [3.05, 3.63) is 33.7 Å². The molecule has 2 rings (SSSR count). The third-order valence-corrected chi connectivity index (χ3v) is 2.99. The van der Waals surface area contributed by atoms with E-state index in [0.717, 1.165) is 11.0 Å². The number of hydrogen-bond acceptors (Lipinski definition) is 2. The van der Waals surface area contributed by atoms with Crippen LogP contribution in [-0.2, 0) is 5.54 Å². The molecule has 0 spiro atoms. The van der Waals surface area contributed by atoms with Crippen LogP contribution in [0.2, 0.25) is 5.02 Å². The average molecular weight is 240 g/mol. The van der Waals surface area contributed by atoms with Gasteiger partial charge in [-0.05, 0) is 32.0 Å². The lowest BCUT2D eigenvalue weighted by molar-refractivity contribution is 0.367. The Balaban J connectivity index is 2.83. The summed E-state index contributed by atoms with van der Waals surface area (Å²) in [5.74, 6) is 0. The standard InChI is InChI=1S/C11H14ClN3O/c1-11(2,6-13)15-9-5-7(12)3-4-8(9)14-10(15)16/h3-5H,6,13H2,1-2H3,(H,14,16). The van der Waals surface area contributed by atoms with Crippen LogP contribution in [0, 0.1) is 0 Å². The smallest absolute Gasteiger partial charge is 0.327 e. The maximum atomic E-state index is 11.9. The Hall–Kier alpha value is -1.26. The molecule has 0 saturated heterocycles. The highest BCUT2D eigenvalue weighted by atomic mass is 35.5. The summed E-state index contributed by atoms with van der Waals surface area (Å²) >= 11 is 5.93. The Bertz CT molecular complexity index is 582. The van der Waals surface area contributed by atoms with Gasteiger partial charge in [0.05, 0.1) is 16.6 Å². The van der Waals surface area contributed by atoms with Crippen LogP contribution in [0.3, 0.4) is 0 Å². The Morgan fingerprint density at radius 1 is 1.50 bits per heavy atom. The highest BCUT2D eigenvalue weighted by molar-refractivity contribution is 6.31. The summed E-state index contributed by atoms with van der Waals surface area (Å²) < 4.78 is 1.65. The van der Waals surface area contributed by atoms with E-state index in [1.807, 2.05) is 13.8 Å². The van der Waals surface area contributed by atoms with Gasteiger partial charge in [-0.25, -0.2) is 4.79 Å². The van der Waals surface area contributed by atoms with Gasteiger partial charge in [-0.15, -0.1) is 0 Å². The number of fused-ring (bicyclic) bond motifs is 1. The monoisotopic (exact) mass is 239 g/mol. The average Bonchev–Trinajstić information content (AvgIpc) is 2.54. The number of benzene rings is 1. The molecule has 86 valence electrons. The van der Waals surface area contributed by atoms with Crippen molar-refractivity contribution in [1.82, 2.24) is 9.55 Å². The van der Waals surface area contributed by atoms with Crippen molar-refractivity contribution < 1.29 is 0 Å². The molecule has 0 bridgehead atoms. The van der Waals surface area contributed by atoms with E-state index in [1.54, 1.807) is 22.8 Å². The second kappa shape index (κ2) is 3.64. The van der Waals surface area contributed by atoms with Gasteiger partial charge < -0.3 is 10.7 Å². The van der Waals surface area contributed by atoms with Crippen molar-refractivity contribution in [2.75, 3.05) is 6.54 Å². The maximum absolute atomic E-state index is 11.9. The number of H-pyrrole nitrogens is 1. The van der Waals surface area contributed by atoms with Crippen molar-refractivity contribution in [2.45, 2.75) is 19.4 Å². The molecule has 16 heavy (non-hydrogen) atoms. The Morgan fingerprint density at radius 3 is 2.81 bits per heavy atom. The number of halogens is 1. The van der Waals surface area contributed by atoms with Crippen molar-refractivity contribution in [3.8, 4) is 0 Å². The van der Waals surface area contributed by atoms with Gasteiger partial charge in [0, 0.05) is 11.6 Å². The number of imidazole rings is 1. The minimum Gasteiger partial charge on any atom is -0.328 e. The first-order valence-corrected chi connectivity index (χ1v) is 5.44. The molecule has 3 N–H and O–H groups in total. The third-order valence-electron chi connectivity index (χ3n) is 2.75. The quantitative estimate of drug-likeness (QED) is 0.838. The van der Waals surface area contributed by atoms with Crippen molar-refractivity contribution in [2.24, 2.45) is 5.73 Å². The molecule has 0 aliphatic rings. The number of nitrogens with one attached hydrogen (secondary N) is 1. The molecule has 5 heteroatoms. The molecule has 4 nitrogen and oxygen atoms in total. The predicted molar refractivity (Wildman–Crippen MR) is 65.9 cm³/mol. The predicted octanol–water partition coefficient (Wildman–Crippen LogP) is 1.68. The van der Waals surface area contributed by atoms with E-state index < -0.39 is 5.54 Å². The number of nitrogens with two attached hydrogens (primary N) is 1. The SMILES string of the molecule is CC(C)(CN)n1c(=O)[nH]c2ccc(Cl)cc21. The highest BCUT2D eigenvalue weighted by Crippen LogP contribution is 2.21. The second-order valence-electron chi connectivity index (χ2n) is 4.44. The van der Waals surface area contributed by atoms with E-state index in [-0.39, 0.29) is 5.69 Å². The van der Waals surface area contributed by atoms with Gasteiger partial charge in [-0.1, -0.05) is 11.6 Å². The lowest BCUT2D eigenvalue weighted by atomic mass is 10.1. The van der Waals surface area contributed by atoms with E-state index in [9.17, 15) is 4.79 Å². The normalized spacial score (nSPS) is 12.2. The zero-order valence-electron chi connectivity index (χ0n) is 9.25. The summed E-state index contributed by atoms with van der Waals surface area (Å²) in [7, 11) is 0. The van der Waals surface area contributed by atoms with Gasteiger partial charge in [0.1, 0.15) is 0 Å². The minimum absolute atomic E-state index is 0.160. The first kappa shape index (κ1) is 11.2. The fourth-order valence-corrected chi connectivity index (χ4v) is 1.93. The summed E-state index contributed by atoms with van der Waals surface area (Å²) in [5, 5.41) is 0.605. The summed E-state index contributed by atoms with van der Waals surface area (Å²) in [6.45, 7) is 4.22. The van der Waals surface area contributed by atoms with Crippen molar-refractivity contribution in [3.63, 3.8) is 0 Å². The van der Waals surface area contributed by atoms with Crippen LogP contribution in [0.4, 0.5) is 0 Å². The van der Waals surface area contributed by atoms with Gasteiger partial charge in [0.2, 0.25) is 0 Å². The molecule has 0 aliphatic carbocycles. The lowest BCUT2D eigenvalue weighted by Crippen LogP contribution is -2.40. The molecule has 1 heterocycles. The molecule has 0 fully saturated rings. The molecule has 1 aromatic heterocycles. The van der Waals surface area contributed by atoms with E-state index in [0.29, 0.717) is 11.6 Å². The van der Waals surface area contributed by atoms with Gasteiger partial charge in [0.25, 0.3) is 0 Å². The number of aromatic nitrogens is 2. The molecular formula is C11H14ClN3O. The molecule has 1 aromatic carbocycles. The molecule has 0 unspecified atom stereocenters. The van der Waals surface area contributed by atoms with Crippen molar-refractivity contribution in [1.29, 1.82) is 0 Å². The van der Waals surface area contributed by atoms with Crippen molar-refractivity contribution >= 4 is 22.6 Å². The maximum Gasteiger partial charge on any atom is 0.327 e. The van der Waals surface area contributed by atoms with Gasteiger partial charge in [0.15, 0.2) is 0 Å². The molecule has 2 aromatic rings. The molecular weight excluding hydrogens is 226 g/mol. The summed E-state index contributed by atoms with van der Waals surface area (Å²) in [6, 6.07) is 5.31. The Kier molecular flexibility index (Phi) is 2.56. The first-order chi connectivity index (χ1) is 7.45. The van der Waals surface area contributed by atoms with Crippen LogP contribution >= 0.6 is 11.6 Å². The molecule has 0 aliphatic heterocycles. The number of hydrogen-bond donors (Lipinski definition) is 2. The number of rotatable bonds is 2. The largest absolute Gasteiger partial charge is 0.328 e. The van der Waals surface area contributed by atoms with Gasteiger partial charge in [-0.3, -0.25) is 4.57 Å². The zero-order chi connectivity index (χ0) is 11.9. The Labute approximate surface area is 98.0 Å². The van der Waals surface area contributed by atoms with Gasteiger partial charge in [-0.2, -0.15) is 0 Å². The van der Waals surface area contributed by atoms with E-state index in [4.69, 9.17) is 17.3 Å². The second-order valence-corrected chi connectivity index (χ2v) is 4.88. The zero-order valence-corrected chi connectivity index (χ0v) is 10.0. The van der Waals surface area contributed by atoms with Crippen LogP contribution < -0.4 is 11.4 Å². The molecule has 0 atom stereocenters. The van der Waals surface area contributed by atoms with Crippen LogP contribution in [-0.4, -0.2) is 16.1 Å². The topological polar surface area (TPSA) is 63.8 Å². The minimum atomic E-state index is -0.431. The Morgan fingerprint density at radius 2 is 2.19 bits per heavy atom. The number of nitrogens with zero attached hydrogens (tertiary/aromatic N) is 1. The summed E-state index contributed by atoms with van der Waals surface area (Å²) in [4.78, 5) is 14.7. The van der Waals surface area contributed by atoms with E-state index in [2.05, 4.69) is 4.98 Å². The fourth-order valence-electron chi connectivity index (χ4n) is 1.77. The summed E-state index contributed by atoms with van der Waals surface area (Å²) in [6.07, 6.45) is 0. The third kappa shape index (κ3) is 1.64. The van der Waals surface area contributed by atoms with E-state index in [1.165, 1.54) is 0 Å².